The summed E-state index contributed by atoms with van der Waals surface area (Å²) >= 11 is 0. The van der Waals surface area contributed by atoms with Gasteiger partial charge in [-0.2, -0.15) is 0 Å². The minimum absolute atomic E-state index is 0.850. The third kappa shape index (κ3) is 3.89. The molecule has 4 rings (SSSR count). The largest absolute Gasteiger partial charge is 0.351 e. The minimum Gasteiger partial charge on any atom is -0.351 e. The molecule has 5 nitrogen and oxygen atoms in total. The predicted molar refractivity (Wildman–Crippen MR) is 103 cm³/mol. The maximum absolute atomic E-state index is 4.68. The molecule has 0 saturated carbocycles. The van der Waals surface area contributed by atoms with Gasteiger partial charge in [0.15, 0.2) is 0 Å². The van der Waals surface area contributed by atoms with Crippen molar-refractivity contribution < 1.29 is 0 Å². The monoisotopic (exact) mass is 345 g/mol. The first kappa shape index (κ1) is 16.7. The van der Waals surface area contributed by atoms with E-state index in [1.165, 1.54) is 11.1 Å². The second-order valence-corrected chi connectivity index (χ2v) is 6.74. The molecule has 0 saturated heterocycles. The van der Waals surface area contributed by atoms with Crippen molar-refractivity contribution in [3.63, 3.8) is 0 Å². The van der Waals surface area contributed by atoms with Crippen LogP contribution in [0.25, 0.3) is 0 Å². The van der Waals surface area contributed by atoms with Gasteiger partial charge in [-0.3, -0.25) is 14.9 Å². The summed E-state index contributed by atoms with van der Waals surface area (Å²) in [6.45, 7) is 6.57. The SMILES string of the molecule is Cc1cccc(CN2CCN(Cc3ccncc3)c3ncccc3C2)n1. The first-order valence-electron chi connectivity index (χ1n) is 9.00. The van der Waals surface area contributed by atoms with E-state index in [0.29, 0.717) is 0 Å². The fourth-order valence-corrected chi connectivity index (χ4v) is 3.44. The lowest BCUT2D eigenvalue weighted by atomic mass is 10.2. The van der Waals surface area contributed by atoms with Crippen LogP contribution in [0.1, 0.15) is 22.5 Å². The maximum Gasteiger partial charge on any atom is 0.133 e. The van der Waals surface area contributed by atoms with Gasteiger partial charge in [0.05, 0.1) is 5.69 Å². The first-order chi connectivity index (χ1) is 12.8. The van der Waals surface area contributed by atoms with Gasteiger partial charge in [-0.15, -0.1) is 0 Å². The molecule has 0 bridgehead atoms. The molecule has 3 aromatic heterocycles. The Balaban J connectivity index is 1.55. The number of fused-ring (bicyclic) bond motifs is 1. The summed E-state index contributed by atoms with van der Waals surface area (Å²) in [6.07, 6.45) is 5.58. The van der Waals surface area contributed by atoms with E-state index in [4.69, 9.17) is 0 Å². The highest BCUT2D eigenvalue weighted by Crippen LogP contribution is 2.24. The number of nitrogens with zero attached hydrogens (tertiary/aromatic N) is 5. The van der Waals surface area contributed by atoms with Gasteiger partial charge in [0, 0.05) is 62.6 Å². The van der Waals surface area contributed by atoms with Gasteiger partial charge < -0.3 is 4.90 Å². The highest BCUT2D eigenvalue weighted by molar-refractivity contribution is 5.48. The lowest BCUT2D eigenvalue weighted by Gasteiger charge is -2.24. The minimum atomic E-state index is 0.850. The normalized spacial score (nSPS) is 14.7. The Morgan fingerprint density at radius 2 is 1.81 bits per heavy atom. The summed E-state index contributed by atoms with van der Waals surface area (Å²) in [6, 6.07) is 14.6. The summed E-state index contributed by atoms with van der Waals surface area (Å²) in [5.41, 5.74) is 4.72. The zero-order valence-electron chi connectivity index (χ0n) is 15.0. The fraction of sp³-hybridized carbons (Fsp3) is 0.286. The second kappa shape index (κ2) is 7.62. The molecule has 1 aliphatic heterocycles. The molecular weight excluding hydrogens is 322 g/mol. The zero-order chi connectivity index (χ0) is 17.8. The van der Waals surface area contributed by atoms with E-state index in [1.54, 1.807) is 0 Å². The third-order valence-corrected chi connectivity index (χ3v) is 4.70. The molecule has 5 heteroatoms. The highest BCUT2D eigenvalue weighted by atomic mass is 15.3. The summed E-state index contributed by atoms with van der Waals surface area (Å²) in [7, 11) is 0. The standard InChI is InChI=1S/C21H23N5/c1-17-4-2-6-20(24-17)16-25-12-13-26(14-18-7-10-22-11-8-18)21-19(15-25)5-3-9-23-21/h2-11H,12-16H2,1H3. The fourth-order valence-electron chi connectivity index (χ4n) is 3.44. The van der Waals surface area contributed by atoms with E-state index in [0.717, 1.165) is 49.9 Å². The lowest BCUT2D eigenvalue weighted by molar-refractivity contribution is 0.265. The van der Waals surface area contributed by atoms with Crippen LogP contribution in [0.15, 0.2) is 61.1 Å². The molecule has 0 amide bonds. The Kier molecular flexibility index (Phi) is 4.88. The predicted octanol–water partition coefficient (Wildman–Crippen LogP) is 3.20. The smallest absolute Gasteiger partial charge is 0.133 e. The number of hydrogen-bond acceptors (Lipinski definition) is 5. The van der Waals surface area contributed by atoms with E-state index in [1.807, 2.05) is 37.6 Å². The van der Waals surface area contributed by atoms with Crippen LogP contribution in [0.2, 0.25) is 0 Å². The van der Waals surface area contributed by atoms with Gasteiger partial charge >= 0.3 is 0 Å². The van der Waals surface area contributed by atoms with Crippen molar-refractivity contribution in [1.82, 2.24) is 19.9 Å². The Labute approximate surface area is 154 Å². The van der Waals surface area contributed by atoms with Crippen LogP contribution < -0.4 is 4.90 Å². The molecule has 0 unspecified atom stereocenters. The summed E-state index contributed by atoms with van der Waals surface area (Å²) in [5, 5.41) is 0. The van der Waals surface area contributed by atoms with Crippen molar-refractivity contribution in [3.05, 3.63) is 83.6 Å². The van der Waals surface area contributed by atoms with Gasteiger partial charge in [0.2, 0.25) is 0 Å². The molecular formula is C21H23N5. The van der Waals surface area contributed by atoms with E-state index >= 15 is 0 Å². The van der Waals surface area contributed by atoms with Crippen molar-refractivity contribution in [1.29, 1.82) is 0 Å². The van der Waals surface area contributed by atoms with Gasteiger partial charge in [-0.05, 0) is 42.8 Å². The van der Waals surface area contributed by atoms with Crippen molar-refractivity contribution >= 4 is 5.82 Å². The van der Waals surface area contributed by atoms with Crippen molar-refractivity contribution in [2.24, 2.45) is 0 Å². The molecule has 1 aliphatic rings. The molecule has 0 aromatic carbocycles. The average Bonchev–Trinajstić information content (AvgIpc) is 2.82. The van der Waals surface area contributed by atoms with Crippen LogP contribution in [-0.4, -0.2) is 32.9 Å². The summed E-state index contributed by atoms with van der Waals surface area (Å²) < 4.78 is 0. The molecule has 0 aliphatic carbocycles. The number of pyridine rings is 3. The molecule has 132 valence electrons. The summed E-state index contributed by atoms with van der Waals surface area (Å²) in [5.74, 6) is 1.09. The molecule has 26 heavy (non-hydrogen) atoms. The molecule has 0 N–H and O–H groups in total. The molecule has 0 spiro atoms. The van der Waals surface area contributed by atoms with Crippen molar-refractivity contribution in [2.45, 2.75) is 26.6 Å². The summed E-state index contributed by atoms with van der Waals surface area (Å²) in [4.78, 5) is 18.3. The number of rotatable bonds is 4. The van der Waals surface area contributed by atoms with E-state index in [2.05, 4.69) is 55.1 Å². The lowest BCUT2D eigenvalue weighted by Crippen LogP contribution is -2.31. The van der Waals surface area contributed by atoms with E-state index < -0.39 is 0 Å². The third-order valence-electron chi connectivity index (χ3n) is 4.70. The number of aromatic nitrogens is 3. The van der Waals surface area contributed by atoms with Crippen LogP contribution in [0.5, 0.6) is 0 Å². The molecule has 4 heterocycles. The van der Waals surface area contributed by atoms with Gasteiger partial charge in [-0.1, -0.05) is 12.1 Å². The quantitative estimate of drug-likeness (QED) is 0.727. The van der Waals surface area contributed by atoms with Gasteiger partial charge in [-0.25, -0.2) is 4.98 Å². The molecule has 3 aromatic rings. The second-order valence-electron chi connectivity index (χ2n) is 6.74. The zero-order valence-corrected chi connectivity index (χ0v) is 15.0. The van der Waals surface area contributed by atoms with Gasteiger partial charge in [0.1, 0.15) is 5.82 Å². The van der Waals surface area contributed by atoms with Crippen LogP contribution in [0.3, 0.4) is 0 Å². The van der Waals surface area contributed by atoms with Crippen molar-refractivity contribution in [3.8, 4) is 0 Å². The van der Waals surface area contributed by atoms with E-state index in [9.17, 15) is 0 Å². The number of hydrogen-bond donors (Lipinski definition) is 0. The first-order valence-corrected chi connectivity index (χ1v) is 9.00. The molecule has 0 atom stereocenters. The van der Waals surface area contributed by atoms with Crippen LogP contribution in [-0.2, 0) is 19.6 Å². The maximum atomic E-state index is 4.68. The number of aryl methyl sites for hydroxylation is 1. The Morgan fingerprint density at radius 1 is 0.923 bits per heavy atom. The Bertz CT molecular complexity index is 865. The highest BCUT2D eigenvalue weighted by Gasteiger charge is 2.21. The van der Waals surface area contributed by atoms with Gasteiger partial charge in [0.25, 0.3) is 0 Å². The van der Waals surface area contributed by atoms with E-state index in [-0.39, 0.29) is 0 Å². The molecule has 0 fully saturated rings. The van der Waals surface area contributed by atoms with Crippen LogP contribution in [0, 0.1) is 6.92 Å². The Hall–Kier alpha value is -2.79. The van der Waals surface area contributed by atoms with Crippen LogP contribution in [0.4, 0.5) is 5.82 Å². The van der Waals surface area contributed by atoms with Crippen molar-refractivity contribution in [2.75, 3.05) is 18.0 Å². The molecule has 0 radical (unpaired) electrons. The Morgan fingerprint density at radius 3 is 2.65 bits per heavy atom. The average molecular weight is 345 g/mol. The van der Waals surface area contributed by atoms with Crippen LogP contribution >= 0.6 is 0 Å². The number of anilines is 1. The topological polar surface area (TPSA) is 45.2 Å².